The SMILES string of the molecule is Cn1nc(C(=O)N[C@H](c2cccnc2)C2CCOCC2)ccc1=O. The third-order valence-corrected chi connectivity index (χ3v) is 4.26. The molecule has 0 aromatic carbocycles. The number of carbonyl (C=O) groups is 1. The van der Waals surface area contributed by atoms with Crippen LogP contribution in [0, 0.1) is 5.92 Å². The van der Waals surface area contributed by atoms with Crippen molar-refractivity contribution in [3.05, 3.63) is 58.3 Å². The smallest absolute Gasteiger partial charge is 0.272 e. The molecule has 1 saturated heterocycles. The zero-order valence-corrected chi connectivity index (χ0v) is 13.5. The van der Waals surface area contributed by atoms with Crippen molar-refractivity contribution < 1.29 is 9.53 Å². The number of nitrogens with one attached hydrogen (secondary N) is 1. The minimum absolute atomic E-state index is 0.158. The standard InChI is InChI=1S/C17H20N4O3/c1-21-15(22)5-4-14(20-21)17(23)19-16(12-6-9-24-10-7-12)13-3-2-8-18-11-13/h2-5,8,11-12,16H,6-7,9-10H2,1H3,(H,19,23)/t16-/m0/s1. The highest BCUT2D eigenvalue weighted by atomic mass is 16.5. The Labute approximate surface area is 139 Å². The molecule has 0 unspecified atom stereocenters. The number of nitrogens with zero attached hydrogens (tertiary/aromatic N) is 3. The van der Waals surface area contributed by atoms with Crippen molar-refractivity contribution in [2.75, 3.05) is 13.2 Å². The van der Waals surface area contributed by atoms with E-state index in [2.05, 4.69) is 15.4 Å². The molecule has 1 amide bonds. The molecule has 1 atom stereocenters. The summed E-state index contributed by atoms with van der Waals surface area (Å²) in [7, 11) is 1.52. The number of aryl methyl sites for hydroxylation is 1. The fourth-order valence-electron chi connectivity index (χ4n) is 2.92. The molecule has 0 saturated carbocycles. The molecule has 0 bridgehead atoms. The van der Waals surface area contributed by atoms with Crippen LogP contribution in [0.1, 0.15) is 34.9 Å². The lowest BCUT2D eigenvalue weighted by Gasteiger charge is -2.31. The molecule has 126 valence electrons. The van der Waals surface area contributed by atoms with E-state index in [4.69, 9.17) is 4.74 Å². The lowest BCUT2D eigenvalue weighted by Crippen LogP contribution is -2.37. The van der Waals surface area contributed by atoms with Gasteiger partial charge in [0.05, 0.1) is 6.04 Å². The van der Waals surface area contributed by atoms with Crippen LogP contribution in [-0.2, 0) is 11.8 Å². The molecule has 1 fully saturated rings. The maximum absolute atomic E-state index is 12.6. The molecule has 1 aliphatic rings. The molecule has 0 aliphatic carbocycles. The number of aromatic nitrogens is 3. The fourth-order valence-corrected chi connectivity index (χ4v) is 2.92. The average Bonchev–Trinajstić information content (AvgIpc) is 2.63. The van der Waals surface area contributed by atoms with Gasteiger partial charge in [0, 0.05) is 38.7 Å². The average molecular weight is 328 g/mol. The second kappa shape index (κ2) is 7.35. The largest absolute Gasteiger partial charge is 0.381 e. The van der Waals surface area contributed by atoms with Crippen LogP contribution in [0.5, 0.6) is 0 Å². The van der Waals surface area contributed by atoms with Crippen molar-refractivity contribution in [2.45, 2.75) is 18.9 Å². The van der Waals surface area contributed by atoms with E-state index in [9.17, 15) is 9.59 Å². The van der Waals surface area contributed by atoms with Gasteiger partial charge < -0.3 is 10.1 Å². The van der Waals surface area contributed by atoms with Gasteiger partial charge in [0.15, 0.2) is 0 Å². The molecule has 3 rings (SSSR count). The zero-order valence-electron chi connectivity index (χ0n) is 13.5. The van der Waals surface area contributed by atoms with Gasteiger partial charge in [-0.2, -0.15) is 5.10 Å². The number of hydrogen-bond acceptors (Lipinski definition) is 5. The van der Waals surface area contributed by atoms with E-state index in [1.54, 1.807) is 12.4 Å². The summed E-state index contributed by atoms with van der Waals surface area (Å²) in [6, 6.07) is 6.45. The van der Waals surface area contributed by atoms with Gasteiger partial charge in [-0.25, -0.2) is 4.68 Å². The molecule has 0 spiro atoms. The number of pyridine rings is 1. The van der Waals surface area contributed by atoms with Crippen LogP contribution in [0.2, 0.25) is 0 Å². The molecule has 1 N–H and O–H groups in total. The molecule has 0 radical (unpaired) electrons. The van der Waals surface area contributed by atoms with Gasteiger partial charge in [0.25, 0.3) is 11.5 Å². The van der Waals surface area contributed by atoms with Crippen LogP contribution in [0.15, 0.2) is 41.5 Å². The molecule has 1 aliphatic heterocycles. The van der Waals surface area contributed by atoms with Gasteiger partial charge in [-0.15, -0.1) is 0 Å². The third kappa shape index (κ3) is 3.68. The summed E-state index contributed by atoms with van der Waals surface area (Å²) in [6.07, 6.45) is 5.23. The number of ether oxygens (including phenoxy) is 1. The number of rotatable bonds is 4. The Kier molecular flexibility index (Phi) is 5.00. The van der Waals surface area contributed by atoms with Crippen LogP contribution >= 0.6 is 0 Å². The second-order valence-corrected chi connectivity index (χ2v) is 5.87. The van der Waals surface area contributed by atoms with Crippen LogP contribution < -0.4 is 10.9 Å². The topological polar surface area (TPSA) is 86.1 Å². The van der Waals surface area contributed by atoms with E-state index in [-0.39, 0.29) is 29.1 Å². The van der Waals surface area contributed by atoms with E-state index in [0.717, 1.165) is 23.1 Å². The Morgan fingerprint density at radius 1 is 1.33 bits per heavy atom. The first-order chi connectivity index (χ1) is 11.6. The van der Waals surface area contributed by atoms with Crippen molar-refractivity contribution in [2.24, 2.45) is 13.0 Å². The zero-order chi connectivity index (χ0) is 16.9. The monoisotopic (exact) mass is 328 g/mol. The second-order valence-electron chi connectivity index (χ2n) is 5.87. The molecule has 3 heterocycles. The Morgan fingerprint density at radius 2 is 2.12 bits per heavy atom. The normalized spacial score (nSPS) is 16.5. The Bertz CT molecular complexity index is 754. The van der Waals surface area contributed by atoms with E-state index in [1.165, 1.54) is 19.2 Å². The lowest BCUT2D eigenvalue weighted by atomic mass is 9.87. The first kappa shape index (κ1) is 16.3. The van der Waals surface area contributed by atoms with E-state index >= 15 is 0 Å². The maximum atomic E-state index is 12.6. The van der Waals surface area contributed by atoms with Gasteiger partial charge in [0.2, 0.25) is 0 Å². The lowest BCUT2D eigenvalue weighted by molar-refractivity contribution is 0.0512. The summed E-state index contributed by atoms with van der Waals surface area (Å²) < 4.78 is 6.58. The molecular weight excluding hydrogens is 308 g/mol. The quantitative estimate of drug-likeness (QED) is 0.907. The van der Waals surface area contributed by atoms with Gasteiger partial charge >= 0.3 is 0 Å². The van der Waals surface area contributed by atoms with Crippen LogP contribution in [0.4, 0.5) is 0 Å². The fraction of sp³-hybridized carbons (Fsp3) is 0.412. The van der Waals surface area contributed by atoms with E-state index < -0.39 is 0 Å². The van der Waals surface area contributed by atoms with Crippen LogP contribution in [-0.4, -0.2) is 33.9 Å². The molecule has 7 heteroatoms. The number of amides is 1. The first-order valence-electron chi connectivity index (χ1n) is 7.98. The van der Waals surface area contributed by atoms with Crippen molar-refractivity contribution in [3.8, 4) is 0 Å². The van der Waals surface area contributed by atoms with Gasteiger partial charge in [-0.3, -0.25) is 14.6 Å². The summed E-state index contributed by atoms with van der Waals surface area (Å²) in [5, 5.41) is 7.07. The van der Waals surface area contributed by atoms with Crippen molar-refractivity contribution >= 4 is 5.91 Å². The summed E-state index contributed by atoms with van der Waals surface area (Å²) in [5.41, 5.74) is 0.931. The van der Waals surface area contributed by atoms with Crippen LogP contribution in [0.25, 0.3) is 0 Å². The highest BCUT2D eigenvalue weighted by Crippen LogP contribution is 2.29. The van der Waals surface area contributed by atoms with Crippen LogP contribution in [0.3, 0.4) is 0 Å². The van der Waals surface area contributed by atoms with E-state index in [1.807, 2.05) is 12.1 Å². The van der Waals surface area contributed by atoms with Crippen molar-refractivity contribution in [1.29, 1.82) is 0 Å². The number of hydrogen-bond donors (Lipinski definition) is 1. The summed E-state index contributed by atoms with van der Waals surface area (Å²) in [6.45, 7) is 1.38. The number of carbonyl (C=O) groups excluding carboxylic acids is 1. The van der Waals surface area contributed by atoms with Crippen molar-refractivity contribution in [3.63, 3.8) is 0 Å². The summed E-state index contributed by atoms with van der Waals surface area (Å²) >= 11 is 0. The van der Waals surface area contributed by atoms with Crippen molar-refractivity contribution in [1.82, 2.24) is 20.1 Å². The van der Waals surface area contributed by atoms with Gasteiger partial charge in [-0.1, -0.05) is 6.07 Å². The molecule has 24 heavy (non-hydrogen) atoms. The predicted molar refractivity (Wildman–Crippen MR) is 87.5 cm³/mol. The molecular formula is C17H20N4O3. The Hall–Kier alpha value is -2.54. The predicted octanol–water partition coefficient (Wildman–Crippen LogP) is 1.07. The molecule has 7 nitrogen and oxygen atoms in total. The first-order valence-corrected chi connectivity index (χ1v) is 7.98. The van der Waals surface area contributed by atoms with Gasteiger partial charge in [-0.05, 0) is 36.5 Å². The highest BCUT2D eigenvalue weighted by molar-refractivity contribution is 5.92. The molecule has 2 aromatic rings. The minimum Gasteiger partial charge on any atom is -0.381 e. The molecule has 2 aromatic heterocycles. The summed E-state index contributed by atoms with van der Waals surface area (Å²) in [4.78, 5) is 28.2. The third-order valence-electron chi connectivity index (χ3n) is 4.26. The summed E-state index contributed by atoms with van der Waals surface area (Å²) in [5.74, 6) is -0.0228. The highest BCUT2D eigenvalue weighted by Gasteiger charge is 2.27. The van der Waals surface area contributed by atoms with Gasteiger partial charge in [0.1, 0.15) is 5.69 Å². The maximum Gasteiger partial charge on any atom is 0.272 e. The minimum atomic E-state index is -0.300. The van der Waals surface area contributed by atoms with E-state index in [0.29, 0.717) is 13.2 Å². The Morgan fingerprint density at radius 3 is 2.79 bits per heavy atom. The Balaban J connectivity index is 1.84.